The van der Waals surface area contributed by atoms with Crippen LogP contribution in [0.25, 0.3) is 5.82 Å². The molecule has 0 spiro atoms. The number of aromatic nitrogens is 4. The first-order valence-corrected chi connectivity index (χ1v) is 7.73. The quantitative estimate of drug-likeness (QED) is 0.812. The summed E-state index contributed by atoms with van der Waals surface area (Å²) in [6.45, 7) is 1.55. The molecule has 0 aromatic carbocycles. The topological polar surface area (TPSA) is 89.8 Å². The molecule has 1 aliphatic heterocycles. The molecule has 0 atom stereocenters. The minimum atomic E-state index is -3.25. The third-order valence-corrected chi connectivity index (χ3v) is 4.12. The van der Waals surface area contributed by atoms with Crippen LogP contribution in [-0.2, 0) is 22.8 Å². The number of sulfone groups is 1. The largest absolute Gasteiger partial charge is 0.312 e. The fraction of sp³-hybridized carbons (Fsp3) is 0.364. The fourth-order valence-electron chi connectivity index (χ4n) is 2.07. The lowest BCUT2D eigenvalue weighted by molar-refractivity contribution is 0.601. The molecule has 0 amide bonds. The molecule has 3 heterocycles. The summed E-state index contributed by atoms with van der Waals surface area (Å²) in [6, 6.07) is 0. The summed E-state index contributed by atoms with van der Waals surface area (Å²) in [5.41, 5.74) is 1.96. The van der Waals surface area contributed by atoms with Gasteiger partial charge in [-0.3, -0.25) is 0 Å². The van der Waals surface area contributed by atoms with Crippen molar-refractivity contribution in [1.29, 1.82) is 0 Å². The molecule has 8 heteroatoms. The maximum Gasteiger partial charge on any atom is 0.178 e. The van der Waals surface area contributed by atoms with Gasteiger partial charge in [-0.2, -0.15) is 5.10 Å². The molecule has 0 saturated heterocycles. The Morgan fingerprint density at radius 2 is 2.21 bits per heavy atom. The van der Waals surface area contributed by atoms with E-state index in [1.54, 1.807) is 0 Å². The van der Waals surface area contributed by atoms with Crippen LogP contribution < -0.4 is 5.32 Å². The molecule has 1 N–H and O–H groups in total. The Labute approximate surface area is 110 Å². The van der Waals surface area contributed by atoms with Gasteiger partial charge in [0.1, 0.15) is 11.2 Å². The Hall–Kier alpha value is -1.80. The van der Waals surface area contributed by atoms with Crippen LogP contribution in [0.2, 0.25) is 0 Å². The van der Waals surface area contributed by atoms with Gasteiger partial charge in [0, 0.05) is 31.3 Å². The Kier molecular flexibility index (Phi) is 2.83. The van der Waals surface area contributed by atoms with Gasteiger partial charge in [-0.05, 0) is 0 Å². The summed E-state index contributed by atoms with van der Waals surface area (Å²) in [5, 5.41) is 7.33. The van der Waals surface area contributed by atoms with Gasteiger partial charge in [-0.1, -0.05) is 0 Å². The Bertz CT molecular complexity index is 722. The van der Waals surface area contributed by atoms with Crippen molar-refractivity contribution in [3.05, 3.63) is 30.0 Å². The molecule has 1 aliphatic rings. The van der Waals surface area contributed by atoms with Crippen LogP contribution in [0.4, 0.5) is 0 Å². The monoisotopic (exact) mass is 279 g/mol. The standard InChI is InChI=1S/C11H13N5O2S/c1-19(17,18)8-4-15-16(6-8)11-9-5-12-3-2-10(9)13-7-14-11/h4,6-7,12H,2-3,5H2,1H3. The van der Waals surface area contributed by atoms with Crippen LogP contribution in [0.1, 0.15) is 11.3 Å². The molecular formula is C11H13N5O2S. The lowest BCUT2D eigenvalue weighted by atomic mass is 10.1. The number of nitrogens with zero attached hydrogens (tertiary/aromatic N) is 4. The molecule has 100 valence electrons. The summed E-state index contributed by atoms with van der Waals surface area (Å²) < 4.78 is 24.4. The van der Waals surface area contributed by atoms with E-state index in [9.17, 15) is 8.42 Å². The second-order valence-electron chi connectivity index (χ2n) is 4.44. The van der Waals surface area contributed by atoms with Crippen molar-refractivity contribution in [2.24, 2.45) is 0 Å². The zero-order chi connectivity index (χ0) is 13.5. The number of nitrogens with one attached hydrogen (secondary N) is 1. The molecule has 0 saturated carbocycles. The summed E-state index contributed by atoms with van der Waals surface area (Å²) in [4.78, 5) is 8.65. The van der Waals surface area contributed by atoms with Crippen LogP contribution in [0, 0.1) is 0 Å². The van der Waals surface area contributed by atoms with Gasteiger partial charge in [-0.25, -0.2) is 23.1 Å². The number of hydrogen-bond donors (Lipinski definition) is 1. The van der Waals surface area contributed by atoms with Gasteiger partial charge >= 0.3 is 0 Å². The highest BCUT2D eigenvalue weighted by Gasteiger charge is 2.18. The second kappa shape index (κ2) is 4.39. The normalized spacial score (nSPS) is 15.2. The van der Waals surface area contributed by atoms with Crippen molar-refractivity contribution >= 4 is 9.84 Å². The molecule has 7 nitrogen and oxygen atoms in total. The van der Waals surface area contributed by atoms with E-state index < -0.39 is 9.84 Å². The molecule has 0 unspecified atom stereocenters. The zero-order valence-corrected chi connectivity index (χ0v) is 11.2. The van der Waals surface area contributed by atoms with Gasteiger partial charge in [0.05, 0.1) is 18.1 Å². The van der Waals surface area contributed by atoms with E-state index in [-0.39, 0.29) is 4.90 Å². The first-order chi connectivity index (χ1) is 9.05. The van der Waals surface area contributed by atoms with Crippen molar-refractivity contribution in [3.63, 3.8) is 0 Å². The van der Waals surface area contributed by atoms with E-state index >= 15 is 0 Å². The van der Waals surface area contributed by atoms with Gasteiger partial charge in [0.2, 0.25) is 0 Å². The highest BCUT2D eigenvalue weighted by Crippen LogP contribution is 2.18. The SMILES string of the molecule is CS(=O)(=O)c1cnn(-c2ncnc3c2CNCC3)c1. The van der Waals surface area contributed by atoms with E-state index in [2.05, 4.69) is 20.4 Å². The third-order valence-electron chi connectivity index (χ3n) is 3.06. The average molecular weight is 279 g/mol. The summed E-state index contributed by atoms with van der Waals surface area (Å²) in [5.74, 6) is 0.632. The van der Waals surface area contributed by atoms with Crippen LogP contribution in [0.15, 0.2) is 23.6 Å². The van der Waals surface area contributed by atoms with Crippen LogP contribution in [0.5, 0.6) is 0 Å². The van der Waals surface area contributed by atoms with Crippen molar-refractivity contribution in [1.82, 2.24) is 25.1 Å². The fourth-order valence-corrected chi connectivity index (χ4v) is 2.60. The summed E-state index contributed by atoms with van der Waals surface area (Å²) in [7, 11) is -3.25. The molecule has 0 aliphatic carbocycles. The van der Waals surface area contributed by atoms with Crippen molar-refractivity contribution in [2.75, 3.05) is 12.8 Å². The predicted octanol–water partition coefficient (Wildman–Crippen LogP) is -0.289. The van der Waals surface area contributed by atoms with Crippen LogP contribution in [0.3, 0.4) is 0 Å². The summed E-state index contributed by atoms with van der Waals surface area (Å²) in [6.07, 6.45) is 6.30. The average Bonchev–Trinajstić information content (AvgIpc) is 2.87. The molecule has 2 aromatic heterocycles. The first-order valence-electron chi connectivity index (χ1n) is 5.84. The highest BCUT2D eigenvalue weighted by molar-refractivity contribution is 7.90. The molecule has 0 bridgehead atoms. The minimum Gasteiger partial charge on any atom is -0.312 e. The van der Waals surface area contributed by atoms with Gasteiger partial charge in [0.15, 0.2) is 15.7 Å². The maximum absolute atomic E-state index is 11.5. The van der Waals surface area contributed by atoms with E-state index in [1.165, 1.54) is 23.4 Å². The van der Waals surface area contributed by atoms with Gasteiger partial charge in [0.25, 0.3) is 0 Å². The first kappa shape index (κ1) is 12.2. The minimum absolute atomic E-state index is 0.184. The predicted molar refractivity (Wildman–Crippen MR) is 67.7 cm³/mol. The molecule has 0 fully saturated rings. The van der Waals surface area contributed by atoms with Crippen molar-refractivity contribution in [2.45, 2.75) is 17.9 Å². The van der Waals surface area contributed by atoms with Gasteiger partial charge in [-0.15, -0.1) is 0 Å². The Morgan fingerprint density at radius 1 is 1.37 bits per heavy atom. The third kappa shape index (κ3) is 2.24. The van der Waals surface area contributed by atoms with E-state index in [4.69, 9.17) is 0 Å². The Balaban J connectivity index is 2.10. The van der Waals surface area contributed by atoms with Crippen LogP contribution >= 0.6 is 0 Å². The van der Waals surface area contributed by atoms with Gasteiger partial charge < -0.3 is 5.32 Å². The number of hydrogen-bond acceptors (Lipinski definition) is 6. The molecule has 2 aromatic rings. The maximum atomic E-state index is 11.5. The van der Waals surface area contributed by atoms with E-state index in [0.29, 0.717) is 12.4 Å². The number of fused-ring (bicyclic) bond motifs is 1. The smallest absolute Gasteiger partial charge is 0.178 e. The van der Waals surface area contributed by atoms with E-state index in [1.807, 2.05) is 0 Å². The van der Waals surface area contributed by atoms with Crippen molar-refractivity contribution in [3.8, 4) is 5.82 Å². The second-order valence-corrected chi connectivity index (χ2v) is 6.46. The van der Waals surface area contributed by atoms with Crippen molar-refractivity contribution < 1.29 is 8.42 Å². The lowest BCUT2D eigenvalue weighted by Crippen LogP contribution is -2.26. The zero-order valence-electron chi connectivity index (χ0n) is 10.4. The Morgan fingerprint density at radius 3 is 2.95 bits per heavy atom. The van der Waals surface area contributed by atoms with Crippen LogP contribution in [-0.4, -0.2) is 41.0 Å². The lowest BCUT2D eigenvalue weighted by Gasteiger charge is -2.17. The van der Waals surface area contributed by atoms with E-state index in [0.717, 1.165) is 30.5 Å². The number of rotatable bonds is 2. The highest BCUT2D eigenvalue weighted by atomic mass is 32.2. The molecule has 0 radical (unpaired) electrons. The molecule has 3 rings (SSSR count). The molecular weight excluding hydrogens is 266 g/mol. The summed E-state index contributed by atoms with van der Waals surface area (Å²) >= 11 is 0. The molecule has 19 heavy (non-hydrogen) atoms.